The van der Waals surface area contributed by atoms with E-state index < -0.39 is 0 Å². The molecule has 0 amide bonds. The Balaban J connectivity index is 3.09. The highest BCUT2D eigenvalue weighted by molar-refractivity contribution is 6.05. The summed E-state index contributed by atoms with van der Waals surface area (Å²) >= 11 is 0. The maximum Gasteiger partial charge on any atom is 0.185 e. The molecule has 0 spiro atoms. The van der Waals surface area contributed by atoms with Gasteiger partial charge in [0.15, 0.2) is 5.78 Å². The highest BCUT2D eigenvalue weighted by Gasteiger charge is 2.05. The molecule has 0 saturated carbocycles. The molecule has 1 rings (SSSR count). The van der Waals surface area contributed by atoms with Crippen molar-refractivity contribution in [3.05, 3.63) is 41.0 Å². The summed E-state index contributed by atoms with van der Waals surface area (Å²) < 4.78 is 5.12. The average Bonchev–Trinajstić information content (AvgIpc) is 2.15. The number of ketones is 1. The zero-order chi connectivity index (χ0) is 11.4. The molecule has 0 atom stereocenters. The van der Waals surface area contributed by atoms with Crippen LogP contribution in [0.5, 0.6) is 5.75 Å². The lowest BCUT2D eigenvalue weighted by Crippen LogP contribution is -1.97. The van der Waals surface area contributed by atoms with E-state index in [1.165, 1.54) is 0 Å². The Hall–Kier alpha value is -1.57. The van der Waals surface area contributed by atoms with Crippen molar-refractivity contribution < 1.29 is 9.53 Å². The Morgan fingerprint density at radius 2 is 1.93 bits per heavy atom. The van der Waals surface area contributed by atoms with Gasteiger partial charge in [-0.3, -0.25) is 4.79 Å². The molecule has 0 radical (unpaired) electrons. The number of ether oxygens (including phenoxy) is 1. The number of aryl methyl sites for hydroxylation is 1. The fourth-order valence-corrected chi connectivity index (χ4v) is 1.35. The fourth-order valence-electron chi connectivity index (χ4n) is 1.35. The van der Waals surface area contributed by atoms with E-state index in [2.05, 4.69) is 0 Å². The molecule has 80 valence electrons. The Bertz CT molecular complexity index is 399. The minimum absolute atomic E-state index is 0.0250. The van der Waals surface area contributed by atoms with Crippen LogP contribution in [0.15, 0.2) is 29.8 Å². The second-order valence-corrected chi connectivity index (χ2v) is 3.82. The van der Waals surface area contributed by atoms with Gasteiger partial charge in [0.05, 0.1) is 7.11 Å². The predicted molar refractivity (Wildman–Crippen MR) is 61.5 cm³/mol. The minimum Gasteiger partial charge on any atom is -0.497 e. The zero-order valence-corrected chi connectivity index (χ0v) is 9.63. The summed E-state index contributed by atoms with van der Waals surface area (Å²) in [7, 11) is 1.60. The number of allylic oxidation sites excluding steroid dienone is 2. The highest BCUT2D eigenvalue weighted by Crippen LogP contribution is 2.17. The Morgan fingerprint density at radius 1 is 1.27 bits per heavy atom. The van der Waals surface area contributed by atoms with Gasteiger partial charge in [0.2, 0.25) is 0 Å². The molecule has 1 aromatic rings. The van der Waals surface area contributed by atoms with Crippen LogP contribution in [0.3, 0.4) is 0 Å². The molecule has 0 saturated heterocycles. The fraction of sp³-hybridized carbons (Fsp3) is 0.308. The molecule has 2 nitrogen and oxygen atoms in total. The van der Waals surface area contributed by atoms with Gasteiger partial charge >= 0.3 is 0 Å². The van der Waals surface area contributed by atoms with Crippen LogP contribution >= 0.6 is 0 Å². The van der Waals surface area contributed by atoms with Crippen molar-refractivity contribution >= 4 is 5.78 Å². The number of hydrogen-bond donors (Lipinski definition) is 0. The molecule has 0 fully saturated rings. The van der Waals surface area contributed by atoms with Gasteiger partial charge in [-0.2, -0.15) is 0 Å². The van der Waals surface area contributed by atoms with Crippen molar-refractivity contribution in [3.63, 3.8) is 0 Å². The van der Waals surface area contributed by atoms with Gasteiger partial charge in [-0.05, 0) is 50.6 Å². The SMILES string of the molecule is COc1cc(C)cc(C(=O)C=C(C)C)c1. The van der Waals surface area contributed by atoms with Crippen LogP contribution in [0.1, 0.15) is 29.8 Å². The normalized spacial score (nSPS) is 9.60. The summed E-state index contributed by atoms with van der Waals surface area (Å²) in [5.74, 6) is 0.748. The number of methoxy groups -OCH3 is 1. The van der Waals surface area contributed by atoms with E-state index in [1.54, 1.807) is 19.3 Å². The standard InChI is InChI=1S/C13H16O2/c1-9(2)5-13(14)11-6-10(3)7-12(8-11)15-4/h5-8H,1-4H3. The summed E-state index contributed by atoms with van der Waals surface area (Å²) in [6.07, 6.45) is 1.63. The molecule has 0 N–H and O–H groups in total. The van der Waals surface area contributed by atoms with Crippen molar-refractivity contribution in [3.8, 4) is 5.75 Å². The van der Waals surface area contributed by atoms with Gasteiger partial charge in [0, 0.05) is 5.56 Å². The summed E-state index contributed by atoms with van der Waals surface area (Å²) in [4.78, 5) is 11.7. The topological polar surface area (TPSA) is 26.3 Å². The van der Waals surface area contributed by atoms with Crippen molar-refractivity contribution in [2.45, 2.75) is 20.8 Å². The molecule has 15 heavy (non-hydrogen) atoms. The largest absolute Gasteiger partial charge is 0.497 e. The van der Waals surface area contributed by atoms with Gasteiger partial charge < -0.3 is 4.74 Å². The average molecular weight is 204 g/mol. The lowest BCUT2D eigenvalue weighted by molar-refractivity contribution is 0.104. The first-order chi connectivity index (χ1) is 7.02. The first-order valence-electron chi connectivity index (χ1n) is 4.88. The van der Waals surface area contributed by atoms with E-state index in [0.717, 1.165) is 16.9 Å². The van der Waals surface area contributed by atoms with Crippen LogP contribution in [0.4, 0.5) is 0 Å². The van der Waals surface area contributed by atoms with Crippen LogP contribution in [-0.2, 0) is 0 Å². The number of carbonyl (C=O) groups excluding carboxylic acids is 1. The van der Waals surface area contributed by atoms with Gasteiger partial charge in [0.1, 0.15) is 5.75 Å². The van der Waals surface area contributed by atoms with E-state index in [-0.39, 0.29) is 5.78 Å². The molecule has 2 heteroatoms. The van der Waals surface area contributed by atoms with Gasteiger partial charge in [-0.15, -0.1) is 0 Å². The summed E-state index contributed by atoms with van der Waals surface area (Å²) in [6, 6.07) is 5.53. The first-order valence-corrected chi connectivity index (χ1v) is 4.88. The second-order valence-electron chi connectivity index (χ2n) is 3.82. The second kappa shape index (κ2) is 4.78. The van der Waals surface area contributed by atoms with Crippen LogP contribution in [0, 0.1) is 6.92 Å². The van der Waals surface area contributed by atoms with E-state index >= 15 is 0 Å². The number of hydrogen-bond acceptors (Lipinski definition) is 2. The van der Waals surface area contributed by atoms with Crippen molar-refractivity contribution in [2.24, 2.45) is 0 Å². The van der Waals surface area contributed by atoms with Crippen LogP contribution in [0.2, 0.25) is 0 Å². The molecule has 0 aliphatic carbocycles. The van der Waals surface area contributed by atoms with Crippen molar-refractivity contribution in [2.75, 3.05) is 7.11 Å². The van der Waals surface area contributed by atoms with Crippen molar-refractivity contribution in [1.29, 1.82) is 0 Å². The van der Waals surface area contributed by atoms with E-state index in [9.17, 15) is 4.79 Å². The molecule has 1 aromatic carbocycles. The summed E-state index contributed by atoms with van der Waals surface area (Å²) in [5.41, 5.74) is 2.70. The smallest absolute Gasteiger partial charge is 0.185 e. The molecule has 0 heterocycles. The Labute approximate surface area is 90.6 Å². The molecule has 0 unspecified atom stereocenters. The monoisotopic (exact) mass is 204 g/mol. The molecule has 0 aliphatic rings. The highest BCUT2D eigenvalue weighted by atomic mass is 16.5. The van der Waals surface area contributed by atoms with Gasteiger partial charge in [-0.25, -0.2) is 0 Å². The number of rotatable bonds is 3. The summed E-state index contributed by atoms with van der Waals surface area (Å²) in [6.45, 7) is 5.76. The Morgan fingerprint density at radius 3 is 2.47 bits per heavy atom. The third-order valence-electron chi connectivity index (χ3n) is 1.99. The minimum atomic E-state index is 0.0250. The number of benzene rings is 1. The zero-order valence-electron chi connectivity index (χ0n) is 9.63. The predicted octanol–water partition coefficient (Wildman–Crippen LogP) is 3.15. The van der Waals surface area contributed by atoms with Crippen LogP contribution in [0.25, 0.3) is 0 Å². The Kier molecular flexibility index (Phi) is 3.67. The lowest BCUT2D eigenvalue weighted by atomic mass is 10.1. The molecule has 0 bridgehead atoms. The molecular weight excluding hydrogens is 188 g/mol. The maximum absolute atomic E-state index is 11.7. The first kappa shape index (κ1) is 11.5. The third-order valence-corrected chi connectivity index (χ3v) is 1.99. The van der Waals surface area contributed by atoms with E-state index in [1.807, 2.05) is 32.9 Å². The van der Waals surface area contributed by atoms with E-state index in [0.29, 0.717) is 5.56 Å². The number of carbonyl (C=O) groups is 1. The van der Waals surface area contributed by atoms with Crippen LogP contribution < -0.4 is 4.74 Å². The van der Waals surface area contributed by atoms with Gasteiger partial charge in [0.25, 0.3) is 0 Å². The quantitative estimate of drug-likeness (QED) is 0.558. The van der Waals surface area contributed by atoms with E-state index in [4.69, 9.17) is 4.74 Å². The maximum atomic E-state index is 11.7. The summed E-state index contributed by atoms with van der Waals surface area (Å²) in [5, 5.41) is 0. The molecule has 0 aliphatic heterocycles. The van der Waals surface area contributed by atoms with Gasteiger partial charge in [-0.1, -0.05) is 5.57 Å². The lowest BCUT2D eigenvalue weighted by Gasteiger charge is -2.04. The third kappa shape index (κ3) is 3.24. The van der Waals surface area contributed by atoms with Crippen molar-refractivity contribution in [1.82, 2.24) is 0 Å². The van der Waals surface area contributed by atoms with Crippen LogP contribution in [-0.4, -0.2) is 12.9 Å². The molecular formula is C13H16O2. The molecule has 0 aromatic heterocycles.